The highest BCUT2D eigenvalue weighted by molar-refractivity contribution is 6.21. The lowest BCUT2D eigenvalue weighted by atomic mass is 10.1. The van der Waals surface area contributed by atoms with Crippen LogP contribution in [0.1, 0.15) is 37.7 Å². The third kappa shape index (κ3) is 4.42. The lowest BCUT2D eigenvalue weighted by Crippen LogP contribution is -2.33. The molecule has 0 N–H and O–H groups in total. The van der Waals surface area contributed by atoms with Crippen molar-refractivity contribution in [3.63, 3.8) is 0 Å². The van der Waals surface area contributed by atoms with Crippen LogP contribution < -0.4 is 0 Å². The Hall–Kier alpha value is -3.70. The maximum Gasteiger partial charge on any atom is 0.348 e. The molecule has 160 valence electrons. The summed E-state index contributed by atoms with van der Waals surface area (Å²) < 4.78 is 12.3. The number of amides is 2. The maximum absolute atomic E-state index is 12.4. The van der Waals surface area contributed by atoms with E-state index in [4.69, 9.17) is 9.47 Å². The molecule has 1 aliphatic rings. The van der Waals surface area contributed by atoms with Gasteiger partial charge < -0.3 is 14.0 Å². The fraction of sp³-hybridized carbons (Fsp3) is 0.304. The normalized spacial score (nSPS) is 13.4. The van der Waals surface area contributed by atoms with Crippen molar-refractivity contribution in [2.45, 2.75) is 20.4 Å². The number of imide groups is 1. The topological polar surface area (TPSA) is 102 Å². The second-order valence-electron chi connectivity index (χ2n) is 7.08. The molecule has 0 atom stereocenters. The highest BCUT2D eigenvalue weighted by Crippen LogP contribution is 2.22. The van der Waals surface area contributed by atoms with Crippen LogP contribution in [0.15, 0.2) is 35.9 Å². The van der Waals surface area contributed by atoms with Crippen molar-refractivity contribution >= 4 is 23.9 Å². The van der Waals surface area contributed by atoms with E-state index in [0.29, 0.717) is 24.3 Å². The summed E-state index contributed by atoms with van der Waals surface area (Å²) in [6.07, 6.45) is 1.48. The number of rotatable bonds is 8. The fourth-order valence-corrected chi connectivity index (χ4v) is 3.54. The third-order valence-electron chi connectivity index (χ3n) is 5.20. The number of hydrogen-bond donors (Lipinski definition) is 0. The predicted octanol–water partition coefficient (Wildman–Crippen LogP) is 2.50. The molecule has 3 rings (SSSR count). The molecule has 0 bridgehead atoms. The summed E-state index contributed by atoms with van der Waals surface area (Å²) in [5, 5.41) is 9.41. The molecule has 0 saturated heterocycles. The van der Waals surface area contributed by atoms with Crippen molar-refractivity contribution in [1.29, 1.82) is 5.26 Å². The van der Waals surface area contributed by atoms with Gasteiger partial charge in [-0.2, -0.15) is 5.26 Å². The molecule has 0 aliphatic carbocycles. The largest absolute Gasteiger partial charge is 0.460 e. The van der Waals surface area contributed by atoms with Crippen LogP contribution in [-0.2, 0) is 20.8 Å². The molecule has 31 heavy (non-hydrogen) atoms. The number of benzene rings is 1. The van der Waals surface area contributed by atoms with E-state index >= 15 is 0 Å². The number of fused-ring (bicyclic) bond motifs is 1. The van der Waals surface area contributed by atoms with Gasteiger partial charge in [-0.3, -0.25) is 14.5 Å². The van der Waals surface area contributed by atoms with E-state index in [9.17, 15) is 19.6 Å². The first kappa shape index (κ1) is 22.0. The Labute approximate surface area is 180 Å². The smallest absolute Gasteiger partial charge is 0.348 e. The Morgan fingerprint density at radius 1 is 1.10 bits per heavy atom. The van der Waals surface area contributed by atoms with Gasteiger partial charge in [0.25, 0.3) is 11.8 Å². The lowest BCUT2D eigenvalue weighted by Gasteiger charge is -2.13. The van der Waals surface area contributed by atoms with Gasteiger partial charge in [0, 0.05) is 25.0 Å². The van der Waals surface area contributed by atoms with Crippen LogP contribution >= 0.6 is 0 Å². The summed E-state index contributed by atoms with van der Waals surface area (Å²) in [6, 6.07) is 10.3. The van der Waals surface area contributed by atoms with Gasteiger partial charge >= 0.3 is 5.97 Å². The summed E-state index contributed by atoms with van der Waals surface area (Å²) >= 11 is 0. The number of esters is 1. The Kier molecular flexibility index (Phi) is 6.68. The average molecular weight is 421 g/mol. The molecule has 8 heteroatoms. The molecule has 2 amide bonds. The van der Waals surface area contributed by atoms with E-state index in [-0.39, 0.29) is 18.7 Å². The minimum Gasteiger partial charge on any atom is -0.460 e. The molecule has 0 radical (unpaired) electrons. The number of hydrogen-bond acceptors (Lipinski definition) is 6. The first-order valence-electron chi connectivity index (χ1n) is 9.78. The Morgan fingerprint density at radius 2 is 1.74 bits per heavy atom. The van der Waals surface area contributed by atoms with E-state index in [0.717, 1.165) is 21.9 Å². The number of carbonyl (C=O) groups excluding carboxylic acids is 3. The number of nitriles is 1. The summed E-state index contributed by atoms with van der Waals surface area (Å²) in [7, 11) is 1.63. The van der Waals surface area contributed by atoms with Crippen LogP contribution in [0, 0.1) is 25.2 Å². The van der Waals surface area contributed by atoms with Gasteiger partial charge in [0.15, 0.2) is 0 Å². The molecule has 0 unspecified atom stereocenters. The standard InChI is InChI=1S/C23H23N3O5/c1-15-12-17(16(2)25(15)8-10-30-3)13-18(14-24)23(29)31-11-9-26-21(27)19-6-4-5-7-20(19)22(26)28/h4-7,12-13H,8-11H2,1-3H3/b18-13+. The zero-order chi connectivity index (χ0) is 22.5. The van der Waals surface area contributed by atoms with Gasteiger partial charge in [-0.1, -0.05) is 12.1 Å². The average Bonchev–Trinajstić information content (AvgIpc) is 3.17. The van der Waals surface area contributed by atoms with Gasteiger partial charge in [-0.05, 0) is 43.7 Å². The summed E-state index contributed by atoms with van der Waals surface area (Å²) in [5.41, 5.74) is 3.13. The highest BCUT2D eigenvalue weighted by Gasteiger charge is 2.34. The summed E-state index contributed by atoms with van der Waals surface area (Å²) in [4.78, 5) is 38.1. The molecule has 0 spiro atoms. The highest BCUT2D eigenvalue weighted by atomic mass is 16.5. The van der Waals surface area contributed by atoms with Gasteiger partial charge in [-0.15, -0.1) is 0 Å². The molecule has 2 aromatic rings. The maximum atomic E-state index is 12.4. The SMILES string of the molecule is COCCn1c(C)cc(/C=C(\C#N)C(=O)OCCN2C(=O)c3ccccc3C2=O)c1C. The van der Waals surface area contributed by atoms with E-state index in [2.05, 4.69) is 0 Å². The van der Waals surface area contributed by atoms with Gasteiger partial charge in [0.1, 0.15) is 18.2 Å². The van der Waals surface area contributed by atoms with E-state index in [1.807, 2.05) is 30.6 Å². The van der Waals surface area contributed by atoms with Crippen LogP contribution in [0.25, 0.3) is 6.08 Å². The van der Waals surface area contributed by atoms with Crippen LogP contribution in [0.5, 0.6) is 0 Å². The Balaban J connectivity index is 1.64. The lowest BCUT2D eigenvalue weighted by molar-refractivity contribution is -0.138. The van der Waals surface area contributed by atoms with Crippen LogP contribution in [0.2, 0.25) is 0 Å². The molecule has 0 fully saturated rings. The first-order chi connectivity index (χ1) is 14.9. The van der Waals surface area contributed by atoms with Crippen LogP contribution in [0.4, 0.5) is 0 Å². The van der Waals surface area contributed by atoms with Crippen molar-refractivity contribution in [1.82, 2.24) is 9.47 Å². The van der Waals surface area contributed by atoms with Crippen molar-refractivity contribution in [3.8, 4) is 6.07 Å². The molecule has 1 aromatic carbocycles. The zero-order valence-corrected chi connectivity index (χ0v) is 17.7. The molecule has 2 heterocycles. The number of methoxy groups -OCH3 is 1. The molecule has 8 nitrogen and oxygen atoms in total. The number of aryl methyl sites for hydroxylation is 1. The van der Waals surface area contributed by atoms with Gasteiger partial charge in [0.05, 0.1) is 24.3 Å². The fourth-order valence-electron chi connectivity index (χ4n) is 3.54. The first-order valence-corrected chi connectivity index (χ1v) is 9.78. The molecular weight excluding hydrogens is 398 g/mol. The van der Waals surface area contributed by atoms with E-state index in [1.165, 1.54) is 6.08 Å². The number of ether oxygens (including phenoxy) is 2. The van der Waals surface area contributed by atoms with Crippen molar-refractivity contribution in [2.75, 3.05) is 26.9 Å². The third-order valence-corrected chi connectivity index (χ3v) is 5.20. The second-order valence-corrected chi connectivity index (χ2v) is 7.08. The van der Waals surface area contributed by atoms with Crippen molar-refractivity contribution in [2.24, 2.45) is 0 Å². The van der Waals surface area contributed by atoms with Gasteiger partial charge in [0.2, 0.25) is 0 Å². The monoisotopic (exact) mass is 421 g/mol. The van der Waals surface area contributed by atoms with Crippen LogP contribution in [0.3, 0.4) is 0 Å². The summed E-state index contributed by atoms with van der Waals surface area (Å²) in [6.45, 7) is 4.77. The number of aromatic nitrogens is 1. The molecule has 1 aliphatic heterocycles. The zero-order valence-electron chi connectivity index (χ0n) is 17.7. The Bertz CT molecular complexity index is 1070. The van der Waals surface area contributed by atoms with Gasteiger partial charge in [-0.25, -0.2) is 4.79 Å². The minimum absolute atomic E-state index is 0.0810. The number of nitrogens with zero attached hydrogens (tertiary/aromatic N) is 3. The van der Waals surface area contributed by atoms with E-state index < -0.39 is 17.8 Å². The minimum atomic E-state index is -0.805. The quantitative estimate of drug-likeness (QED) is 0.281. The van der Waals surface area contributed by atoms with Crippen molar-refractivity contribution in [3.05, 3.63) is 64.0 Å². The van der Waals surface area contributed by atoms with Crippen molar-refractivity contribution < 1.29 is 23.9 Å². The Morgan fingerprint density at radius 3 is 2.32 bits per heavy atom. The molecular formula is C23H23N3O5. The molecule has 0 saturated carbocycles. The predicted molar refractivity (Wildman–Crippen MR) is 112 cm³/mol. The molecule has 1 aromatic heterocycles. The second kappa shape index (κ2) is 9.41. The van der Waals surface area contributed by atoms with E-state index in [1.54, 1.807) is 31.4 Å². The summed E-state index contributed by atoms with van der Waals surface area (Å²) in [5.74, 6) is -1.65. The van der Waals surface area contributed by atoms with Crippen LogP contribution in [-0.4, -0.2) is 54.1 Å². The number of carbonyl (C=O) groups is 3.